The standard InChI is InChI=1S/C45H56N10O8S/c1-5-18-54(42(56)36(50-44(58)60-3)29-14-20-62-21-15-29)26(2)40-46-24-33(48-40)28-10-8-27(9-11-28)31-12-13-32(39-38(31)52-64-53-39)34-25-47-41(49-34)35-7-6-19-55(35)43(57)37(51-45(59)61-4)30-16-22-63-23-17-30/h8-13,24-26,29-30,35-37H,5-7,14-23H2,1-4H3,(H,46,48)(H,47,49)(H,50,58)(H,51,59). The number of H-pyrrole nitrogens is 2. The van der Waals surface area contributed by atoms with Gasteiger partial charge in [0.05, 0.1) is 61.8 Å². The molecule has 0 spiro atoms. The van der Waals surface area contributed by atoms with Gasteiger partial charge in [-0.3, -0.25) is 9.59 Å². The number of nitrogens with zero attached hydrogens (tertiary/aromatic N) is 6. The highest BCUT2D eigenvalue weighted by atomic mass is 32.1. The van der Waals surface area contributed by atoms with Gasteiger partial charge in [-0.25, -0.2) is 19.6 Å². The number of hydrogen-bond donors (Lipinski definition) is 4. The SMILES string of the molecule is CCCN(C(=O)C(NC(=O)OC)C1CCOCC1)C(C)c1ncc(-c2ccc(-c3ccc(-c4cnc(C5CCCN5C(=O)C(NC(=O)OC)C5CCOCC5)[nH]4)c4nsnc34)cc2)[nH]1. The molecule has 2 aromatic carbocycles. The molecule has 5 aromatic rings. The molecule has 64 heavy (non-hydrogen) atoms. The van der Waals surface area contributed by atoms with E-state index in [-0.39, 0.29) is 35.7 Å². The van der Waals surface area contributed by atoms with Crippen LogP contribution in [0.4, 0.5) is 9.59 Å². The van der Waals surface area contributed by atoms with E-state index >= 15 is 0 Å². The van der Waals surface area contributed by atoms with Crippen LogP contribution in [0.5, 0.6) is 0 Å². The lowest BCUT2D eigenvalue weighted by Crippen LogP contribution is -2.54. The van der Waals surface area contributed by atoms with Gasteiger partial charge in [-0.2, -0.15) is 8.75 Å². The fraction of sp³-hybridized carbons (Fsp3) is 0.511. The van der Waals surface area contributed by atoms with Gasteiger partial charge >= 0.3 is 12.2 Å². The summed E-state index contributed by atoms with van der Waals surface area (Å²) in [6.45, 7) is 7.17. The molecular formula is C45H56N10O8S. The lowest BCUT2D eigenvalue weighted by molar-refractivity contribution is -0.138. The van der Waals surface area contributed by atoms with Crippen molar-refractivity contribution in [1.82, 2.24) is 49.1 Å². The minimum absolute atomic E-state index is 0.0534. The van der Waals surface area contributed by atoms with Gasteiger partial charge in [-0.1, -0.05) is 37.3 Å². The summed E-state index contributed by atoms with van der Waals surface area (Å²) < 4.78 is 30.3. The monoisotopic (exact) mass is 896 g/mol. The number of methoxy groups -OCH3 is 2. The number of hydrogen-bond acceptors (Lipinski definition) is 13. The number of nitrogens with one attached hydrogen (secondary N) is 4. The van der Waals surface area contributed by atoms with Crippen molar-refractivity contribution in [2.24, 2.45) is 11.8 Å². The highest BCUT2D eigenvalue weighted by Crippen LogP contribution is 2.38. The first-order chi connectivity index (χ1) is 31.2. The van der Waals surface area contributed by atoms with Gasteiger partial charge in [-0.15, -0.1) is 0 Å². The van der Waals surface area contributed by atoms with Crippen LogP contribution in [0.3, 0.4) is 0 Å². The van der Waals surface area contributed by atoms with E-state index in [2.05, 4.69) is 20.6 Å². The molecule has 3 aromatic heterocycles. The molecule has 340 valence electrons. The molecule has 0 aliphatic carbocycles. The first kappa shape index (κ1) is 44.7. The zero-order valence-electron chi connectivity index (χ0n) is 36.6. The number of carbonyl (C=O) groups excluding carboxylic acids is 4. The number of rotatable bonds is 14. The number of likely N-dealkylation sites (tertiary alicyclic amines) is 1. The van der Waals surface area contributed by atoms with Gasteiger partial charge < -0.3 is 49.3 Å². The third-order valence-corrected chi connectivity index (χ3v) is 13.3. The molecule has 3 saturated heterocycles. The van der Waals surface area contributed by atoms with Crippen LogP contribution in [0.1, 0.15) is 82.5 Å². The van der Waals surface area contributed by atoms with Gasteiger partial charge in [0.25, 0.3) is 0 Å². The third kappa shape index (κ3) is 9.46. The predicted octanol–water partition coefficient (Wildman–Crippen LogP) is 6.40. The summed E-state index contributed by atoms with van der Waals surface area (Å²) in [5.41, 5.74) is 6.73. The maximum absolute atomic E-state index is 14.1. The van der Waals surface area contributed by atoms with Crippen LogP contribution in [0.25, 0.3) is 44.7 Å². The molecule has 3 fully saturated rings. The first-order valence-electron chi connectivity index (χ1n) is 22.1. The molecule has 3 aliphatic rings. The summed E-state index contributed by atoms with van der Waals surface area (Å²) in [5.74, 6) is 0.880. The second kappa shape index (κ2) is 20.3. The minimum atomic E-state index is -0.738. The number of imidazole rings is 2. The van der Waals surface area contributed by atoms with E-state index in [4.69, 9.17) is 37.7 Å². The lowest BCUT2D eigenvalue weighted by Gasteiger charge is -2.36. The largest absolute Gasteiger partial charge is 0.453 e. The van der Waals surface area contributed by atoms with E-state index in [1.54, 1.807) is 17.3 Å². The quantitative estimate of drug-likeness (QED) is 0.0952. The molecule has 0 bridgehead atoms. The van der Waals surface area contributed by atoms with Crippen LogP contribution < -0.4 is 10.6 Å². The molecular weight excluding hydrogens is 841 g/mol. The molecule has 0 saturated carbocycles. The van der Waals surface area contributed by atoms with Gasteiger partial charge in [-0.05, 0) is 80.9 Å². The fourth-order valence-corrected chi connectivity index (χ4v) is 9.85. The Morgan fingerprint density at radius 1 is 0.797 bits per heavy atom. The Morgan fingerprint density at radius 3 is 2.05 bits per heavy atom. The second-order valence-electron chi connectivity index (χ2n) is 16.6. The van der Waals surface area contributed by atoms with Crippen molar-refractivity contribution in [3.63, 3.8) is 0 Å². The van der Waals surface area contributed by atoms with E-state index in [1.807, 2.05) is 55.1 Å². The zero-order valence-corrected chi connectivity index (χ0v) is 37.4. The molecule has 19 heteroatoms. The number of carbonyl (C=O) groups is 4. The smallest absolute Gasteiger partial charge is 0.407 e. The molecule has 4 atom stereocenters. The summed E-state index contributed by atoms with van der Waals surface area (Å²) in [7, 11) is 2.60. The Kier molecular flexibility index (Phi) is 14.2. The summed E-state index contributed by atoms with van der Waals surface area (Å²) >= 11 is 1.14. The van der Waals surface area contributed by atoms with Crippen molar-refractivity contribution >= 4 is 46.8 Å². The van der Waals surface area contributed by atoms with Crippen LogP contribution in [-0.2, 0) is 28.5 Å². The molecule has 0 radical (unpaired) electrons. The van der Waals surface area contributed by atoms with Crippen molar-refractivity contribution < 1.29 is 38.1 Å². The predicted molar refractivity (Wildman–Crippen MR) is 238 cm³/mol. The van der Waals surface area contributed by atoms with E-state index in [0.29, 0.717) is 76.8 Å². The molecule has 3 aliphatic heterocycles. The number of amides is 4. The molecule has 6 heterocycles. The van der Waals surface area contributed by atoms with Crippen molar-refractivity contribution in [2.45, 2.75) is 83.0 Å². The molecule has 4 N–H and O–H groups in total. The van der Waals surface area contributed by atoms with Crippen LogP contribution >= 0.6 is 11.7 Å². The van der Waals surface area contributed by atoms with Crippen molar-refractivity contribution in [2.75, 3.05) is 53.7 Å². The summed E-state index contributed by atoms with van der Waals surface area (Å²) in [6.07, 6.45) is 7.25. The summed E-state index contributed by atoms with van der Waals surface area (Å²) in [5, 5.41) is 5.62. The fourth-order valence-electron chi connectivity index (χ4n) is 9.27. The van der Waals surface area contributed by atoms with Gasteiger partial charge in [0.1, 0.15) is 34.8 Å². The van der Waals surface area contributed by atoms with E-state index < -0.39 is 24.3 Å². The van der Waals surface area contributed by atoms with Crippen LogP contribution in [-0.4, -0.2) is 128 Å². The number of fused-ring (bicyclic) bond motifs is 1. The van der Waals surface area contributed by atoms with E-state index in [1.165, 1.54) is 14.2 Å². The maximum atomic E-state index is 14.1. The molecule has 4 amide bonds. The summed E-state index contributed by atoms with van der Waals surface area (Å²) in [4.78, 5) is 73.0. The van der Waals surface area contributed by atoms with Crippen LogP contribution in [0, 0.1) is 11.8 Å². The Morgan fingerprint density at radius 2 is 1.39 bits per heavy atom. The van der Waals surface area contributed by atoms with E-state index in [0.717, 1.165) is 75.7 Å². The molecule has 8 rings (SSSR count). The first-order valence-corrected chi connectivity index (χ1v) is 22.8. The highest BCUT2D eigenvalue weighted by Gasteiger charge is 2.41. The maximum Gasteiger partial charge on any atom is 0.407 e. The van der Waals surface area contributed by atoms with Crippen LogP contribution in [0.2, 0.25) is 0 Å². The number of aromatic nitrogens is 6. The molecule has 4 unspecified atom stereocenters. The van der Waals surface area contributed by atoms with Gasteiger partial charge in [0, 0.05) is 50.6 Å². The number of ether oxygens (including phenoxy) is 4. The van der Waals surface area contributed by atoms with Crippen LogP contribution in [0.15, 0.2) is 48.8 Å². The van der Waals surface area contributed by atoms with Crippen molar-refractivity contribution in [1.29, 1.82) is 0 Å². The number of aromatic amines is 2. The number of benzene rings is 2. The lowest BCUT2D eigenvalue weighted by atomic mass is 9.90. The van der Waals surface area contributed by atoms with E-state index in [9.17, 15) is 19.2 Å². The number of alkyl carbamates (subject to hydrolysis) is 2. The second-order valence-corrected chi connectivity index (χ2v) is 17.1. The Bertz CT molecular complexity index is 2410. The normalized spacial score (nSPS) is 18.6. The topological polar surface area (TPSA) is 219 Å². The third-order valence-electron chi connectivity index (χ3n) is 12.8. The zero-order chi connectivity index (χ0) is 44.7. The van der Waals surface area contributed by atoms with Crippen molar-refractivity contribution in [3.05, 3.63) is 60.4 Å². The minimum Gasteiger partial charge on any atom is -0.453 e. The van der Waals surface area contributed by atoms with Crippen molar-refractivity contribution in [3.8, 4) is 33.6 Å². The highest BCUT2D eigenvalue weighted by molar-refractivity contribution is 7.00. The Hall–Kier alpha value is -5.92. The average Bonchev–Trinajstić information content (AvgIpc) is 4.19. The summed E-state index contributed by atoms with van der Waals surface area (Å²) in [6, 6.07) is 10.1. The molecule has 18 nitrogen and oxygen atoms in total. The Balaban J connectivity index is 0.976. The van der Waals surface area contributed by atoms with Gasteiger partial charge in [0.2, 0.25) is 11.8 Å². The Labute approximate surface area is 375 Å². The average molecular weight is 897 g/mol. The van der Waals surface area contributed by atoms with Gasteiger partial charge in [0.15, 0.2) is 0 Å².